The zero-order chi connectivity index (χ0) is 35.8. The Morgan fingerprint density at radius 2 is 1.25 bits per heavy atom. The minimum atomic E-state index is -0.615. The van der Waals surface area contributed by atoms with Gasteiger partial charge in [0, 0.05) is 29.9 Å². The van der Waals surface area contributed by atoms with E-state index in [2.05, 4.69) is 204 Å². The molecule has 1 N–H and O–H groups in total. The number of rotatable bonds is 10. The molecule has 8 aromatic rings. The Labute approximate surface area is 311 Å². The van der Waals surface area contributed by atoms with Crippen LogP contribution in [0.3, 0.4) is 0 Å². The Morgan fingerprint density at radius 3 is 1.92 bits per heavy atom. The van der Waals surface area contributed by atoms with Crippen molar-refractivity contribution >= 4 is 50.3 Å². The van der Waals surface area contributed by atoms with Gasteiger partial charge in [-0.05, 0) is 58.7 Å². The molecule has 7 aromatic carbocycles. The first kappa shape index (κ1) is 32.3. The van der Waals surface area contributed by atoms with E-state index in [1.54, 1.807) is 0 Å². The van der Waals surface area contributed by atoms with Crippen molar-refractivity contribution in [2.45, 2.75) is 18.0 Å². The molecule has 1 atom stereocenters. The highest BCUT2D eigenvalue weighted by Crippen LogP contribution is 2.55. The zero-order valence-electron chi connectivity index (χ0n) is 29.7. The van der Waals surface area contributed by atoms with E-state index >= 15 is 0 Å². The summed E-state index contributed by atoms with van der Waals surface area (Å²) < 4.78 is 2.49. The van der Waals surface area contributed by atoms with Gasteiger partial charge in [-0.3, -0.25) is 4.99 Å². The molecule has 1 aromatic heterocycles. The zero-order valence-corrected chi connectivity index (χ0v) is 29.7. The van der Waals surface area contributed by atoms with Gasteiger partial charge in [-0.1, -0.05) is 152 Å². The first-order valence-electron chi connectivity index (χ1n) is 18.3. The third kappa shape index (κ3) is 5.25. The molecule has 9 rings (SSSR count). The standard InChI is InChI=1S/C49H40N4/c1-3-20-45(52(2)43-32-19-17-30-41(43)50-38-27-14-7-15-28-38)53-42-31-18-16-29-39(42)46-44(53)34-33-40-47(46)51-48(35-21-8-4-9-22-35)49(40,36-23-10-5-11-24-36)37-25-12-6-13-26-37/h3-19,21-34,45,50H,1,20H2,2H3. The van der Waals surface area contributed by atoms with Gasteiger partial charge < -0.3 is 14.8 Å². The third-order valence-electron chi connectivity index (χ3n) is 10.8. The summed E-state index contributed by atoms with van der Waals surface area (Å²) in [6.07, 6.45) is 2.69. The van der Waals surface area contributed by atoms with Crippen LogP contribution in [0.25, 0.3) is 21.8 Å². The molecule has 4 heteroatoms. The fourth-order valence-corrected chi connectivity index (χ4v) is 8.45. The van der Waals surface area contributed by atoms with Gasteiger partial charge in [0.25, 0.3) is 0 Å². The van der Waals surface area contributed by atoms with Gasteiger partial charge in [-0.2, -0.15) is 0 Å². The number of fused-ring (bicyclic) bond motifs is 5. The molecule has 0 aliphatic carbocycles. The molecule has 0 saturated heterocycles. The van der Waals surface area contributed by atoms with E-state index in [0.717, 1.165) is 51.5 Å². The van der Waals surface area contributed by atoms with Crippen molar-refractivity contribution in [3.63, 3.8) is 0 Å². The van der Waals surface area contributed by atoms with Crippen LogP contribution in [-0.4, -0.2) is 17.3 Å². The predicted molar refractivity (Wildman–Crippen MR) is 223 cm³/mol. The van der Waals surface area contributed by atoms with Gasteiger partial charge in [0.05, 0.1) is 39.2 Å². The fourth-order valence-electron chi connectivity index (χ4n) is 8.45. The number of aromatic nitrogens is 1. The number of aliphatic imine (C=N–C) groups is 1. The van der Waals surface area contributed by atoms with E-state index in [9.17, 15) is 0 Å². The molecule has 256 valence electrons. The first-order valence-corrected chi connectivity index (χ1v) is 18.3. The molecule has 0 bridgehead atoms. The van der Waals surface area contributed by atoms with Gasteiger partial charge in [0.1, 0.15) is 6.17 Å². The van der Waals surface area contributed by atoms with Crippen molar-refractivity contribution in [1.29, 1.82) is 0 Å². The molecule has 0 radical (unpaired) electrons. The molecule has 0 spiro atoms. The summed E-state index contributed by atoms with van der Waals surface area (Å²) in [5.41, 5.74) is 11.6. The average Bonchev–Trinajstić information content (AvgIpc) is 3.75. The van der Waals surface area contributed by atoms with E-state index in [0.29, 0.717) is 0 Å². The lowest BCUT2D eigenvalue weighted by Crippen LogP contribution is -2.36. The minimum Gasteiger partial charge on any atom is -0.354 e. The maximum atomic E-state index is 5.75. The van der Waals surface area contributed by atoms with Crippen LogP contribution in [-0.2, 0) is 5.41 Å². The topological polar surface area (TPSA) is 32.6 Å². The highest BCUT2D eigenvalue weighted by Gasteiger charge is 2.48. The van der Waals surface area contributed by atoms with Gasteiger partial charge in [0.2, 0.25) is 0 Å². The number of nitrogens with zero attached hydrogens (tertiary/aromatic N) is 3. The smallest absolute Gasteiger partial charge is 0.110 e. The van der Waals surface area contributed by atoms with E-state index in [4.69, 9.17) is 4.99 Å². The highest BCUT2D eigenvalue weighted by molar-refractivity contribution is 6.23. The summed E-state index contributed by atoms with van der Waals surface area (Å²) >= 11 is 0. The quantitative estimate of drug-likeness (QED) is 0.145. The summed E-state index contributed by atoms with van der Waals surface area (Å²) in [6, 6.07) is 64.8. The Bertz CT molecular complexity index is 2550. The van der Waals surface area contributed by atoms with Gasteiger partial charge in [0.15, 0.2) is 0 Å². The molecule has 1 aliphatic heterocycles. The van der Waals surface area contributed by atoms with E-state index in [-0.39, 0.29) is 6.17 Å². The fraction of sp³-hybridized carbons (Fsp3) is 0.0816. The molecule has 4 nitrogen and oxygen atoms in total. The van der Waals surface area contributed by atoms with Crippen molar-refractivity contribution in [3.8, 4) is 0 Å². The van der Waals surface area contributed by atoms with Crippen molar-refractivity contribution in [1.82, 2.24) is 4.57 Å². The van der Waals surface area contributed by atoms with Gasteiger partial charge in [-0.15, -0.1) is 6.58 Å². The Morgan fingerprint density at radius 1 is 0.660 bits per heavy atom. The maximum Gasteiger partial charge on any atom is 0.110 e. The van der Waals surface area contributed by atoms with Crippen LogP contribution in [0.1, 0.15) is 34.8 Å². The molecule has 0 saturated carbocycles. The van der Waals surface area contributed by atoms with Gasteiger partial charge in [-0.25, -0.2) is 0 Å². The molecule has 1 unspecified atom stereocenters. The molecule has 0 fully saturated rings. The van der Waals surface area contributed by atoms with Crippen molar-refractivity contribution < 1.29 is 0 Å². The normalized spacial score (nSPS) is 13.7. The number of hydrogen-bond donors (Lipinski definition) is 1. The van der Waals surface area contributed by atoms with Crippen LogP contribution in [0.15, 0.2) is 200 Å². The lowest BCUT2D eigenvalue weighted by Gasteiger charge is -2.34. The SMILES string of the molecule is C=CCC(N(C)c1ccccc1Nc1ccccc1)n1c2ccccc2c2c3c(ccc21)C(c1ccccc1)(c1ccccc1)C(c1ccccc1)=N3. The number of nitrogens with one attached hydrogen (secondary N) is 1. The lowest BCUT2D eigenvalue weighted by molar-refractivity contribution is 0.528. The number of para-hydroxylation sites is 4. The number of benzene rings is 7. The minimum absolute atomic E-state index is 0.0707. The number of anilines is 3. The van der Waals surface area contributed by atoms with Crippen molar-refractivity contribution in [2.24, 2.45) is 4.99 Å². The van der Waals surface area contributed by atoms with Gasteiger partial charge >= 0.3 is 0 Å². The summed E-state index contributed by atoms with van der Waals surface area (Å²) in [5, 5.41) is 6.02. The van der Waals surface area contributed by atoms with E-state index in [1.807, 2.05) is 12.1 Å². The van der Waals surface area contributed by atoms with Crippen LogP contribution in [0.2, 0.25) is 0 Å². The molecule has 0 amide bonds. The second-order valence-corrected chi connectivity index (χ2v) is 13.7. The summed E-state index contributed by atoms with van der Waals surface area (Å²) in [7, 11) is 2.19. The van der Waals surface area contributed by atoms with Crippen molar-refractivity contribution in [3.05, 3.63) is 217 Å². The maximum absolute atomic E-state index is 5.75. The second-order valence-electron chi connectivity index (χ2n) is 13.7. The average molecular weight is 685 g/mol. The Balaban J connectivity index is 1.31. The van der Waals surface area contributed by atoms with Crippen LogP contribution in [0.5, 0.6) is 0 Å². The number of hydrogen-bond acceptors (Lipinski definition) is 3. The summed E-state index contributed by atoms with van der Waals surface area (Å²) in [5.74, 6) is 0. The second kappa shape index (κ2) is 13.5. The molecule has 2 heterocycles. The Hall–Kier alpha value is -6.65. The van der Waals surface area contributed by atoms with Crippen molar-refractivity contribution in [2.75, 3.05) is 17.3 Å². The molecular formula is C49H40N4. The van der Waals surface area contributed by atoms with Crippen LogP contribution in [0, 0.1) is 0 Å². The summed E-state index contributed by atoms with van der Waals surface area (Å²) in [6.45, 7) is 4.25. The third-order valence-corrected chi connectivity index (χ3v) is 10.8. The largest absolute Gasteiger partial charge is 0.354 e. The Kier molecular flexibility index (Phi) is 8.21. The lowest BCUT2D eigenvalue weighted by atomic mass is 9.65. The van der Waals surface area contributed by atoms with Crippen LogP contribution >= 0.6 is 0 Å². The highest BCUT2D eigenvalue weighted by atomic mass is 15.3. The van der Waals surface area contributed by atoms with E-state index < -0.39 is 5.41 Å². The monoisotopic (exact) mass is 684 g/mol. The van der Waals surface area contributed by atoms with Crippen LogP contribution < -0.4 is 10.2 Å². The molecule has 53 heavy (non-hydrogen) atoms. The predicted octanol–water partition coefficient (Wildman–Crippen LogP) is 12.2. The summed E-state index contributed by atoms with van der Waals surface area (Å²) in [4.78, 5) is 8.13. The van der Waals surface area contributed by atoms with E-state index in [1.165, 1.54) is 27.5 Å². The van der Waals surface area contributed by atoms with Crippen LogP contribution in [0.4, 0.5) is 22.7 Å². The molecular weight excluding hydrogens is 645 g/mol. The first-order chi connectivity index (χ1) is 26.2. The molecule has 1 aliphatic rings.